The minimum Gasteiger partial charge on any atom is -0.290 e. The van der Waals surface area contributed by atoms with Gasteiger partial charge >= 0.3 is 5.69 Å². The van der Waals surface area contributed by atoms with Gasteiger partial charge in [0.05, 0.1) is 18.4 Å². The smallest absolute Gasteiger partial charge is 0.290 e. The first-order chi connectivity index (χ1) is 17.6. The summed E-state index contributed by atoms with van der Waals surface area (Å²) in [6.07, 6.45) is 8.44. The lowest BCUT2D eigenvalue weighted by Crippen LogP contribution is -2.26. The molecule has 0 unspecified atom stereocenters. The first-order valence-electron chi connectivity index (χ1n) is 12.2. The maximum absolute atomic E-state index is 13.6. The van der Waals surface area contributed by atoms with E-state index in [1.54, 1.807) is 10.8 Å². The van der Waals surface area contributed by atoms with Crippen molar-refractivity contribution >= 4 is 0 Å². The van der Waals surface area contributed by atoms with Crippen LogP contribution >= 0.6 is 0 Å². The topological polar surface area (TPSA) is 112 Å². The Labute approximate surface area is 208 Å². The van der Waals surface area contributed by atoms with E-state index in [1.165, 1.54) is 0 Å². The van der Waals surface area contributed by atoms with Crippen LogP contribution < -0.4 is 5.69 Å². The number of tetrazole rings is 1. The minimum atomic E-state index is -0.0774. The molecule has 0 saturated heterocycles. The third-order valence-corrected chi connectivity index (χ3v) is 6.32. The van der Waals surface area contributed by atoms with Gasteiger partial charge in [0.1, 0.15) is 5.82 Å². The molecule has 4 aromatic heterocycles. The summed E-state index contributed by atoms with van der Waals surface area (Å²) in [5, 5.41) is 18.6. The van der Waals surface area contributed by atoms with Gasteiger partial charge in [-0.1, -0.05) is 31.5 Å². The van der Waals surface area contributed by atoms with E-state index in [2.05, 4.69) is 37.6 Å². The molecule has 0 aliphatic rings. The lowest BCUT2D eigenvalue weighted by Gasteiger charge is -2.09. The maximum atomic E-state index is 13.6. The number of hydrogen-bond donors (Lipinski definition) is 1. The van der Waals surface area contributed by atoms with Crippen LogP contribution in [0.4, 0.5) is 0 Å². The number of pyridine rings is 1. The number of H-pyrrole nitrogens is 1. The molecule has 0 fully saturated rings. The molecule has 0 aliphatic heterocycles. The fourth-order valence-electron chi connectivity index (χ4n) is 4.46. The largest absolute Gasteiger partial charge is 0.334 e. The quantitative estimate of drug-likeness (QED) is 0.341. The highest BCUT2D eigenvalue weighted by atomic mass is 16.1. The van der Waals surface area contributed by atoms with Crippen molar-refractivity contribution in [2.24, 2.45) is 0 Å². The molecule has 0 saturated carbocycles. The van der Waals surface area contributed by atoms with Gasteiger partial charge in [-0.2, -0.15) is 5.10 Å². The van der Waals surface area contributed by atoms with Crippen LogP contribution in [-0.2, 0) is 19.5 Å². The van der Waals surface area contributed by atoms with E-state index in [-0.39, 0.29) is 5.69 Å². The number of nitrogens with zero attached hydrogens (tertiary/aromatic N) is 8. The van der Waals surface area contributed by atoms with Crippen LogP contribution in [0.15, 0.2) is 59.8 Å². The Hall–Kier alpha value is -4.34. The lowest BCUT2D eigenvalue weighted by molar-refractivity contribution is 0.622. The van der Waals surface area contributed by atoms with Crippen LogP contribution in [0.3, 0.4) is 0 Å². The molecule has 0 spiro atoms. The number of aromatic nitrogens is 9. The third kappa shape index (κ3) is 4.49. The van der Waals surface area contributed by atoms with Crippen molar-refractivity contribution in [2.45, 2.75) is 53.1 Å². The zero-order valence-corrected chi connectivity index (χ0v) is 20.7. The van der Waals surface area contributed by atoms with E-state index in [0.29, 0.717) is 18.9 Å². The normalized spacial score (nSPS) is 11.3. The Morgan fingerprint density at radius 3 is 2.67 bits per heavy atom. The zero-order valence-electron chi connectivity index (χ0n) is 20.7. The second-order valence-electron chi connectivity index (χ2n) is 8.80. The molecule has 10 heteroatoms. The molecule has 1 N–H and O–H groups in total. The predicted molar refractivity (Wildman–Crippen MR) is 137 cm³/mol. The van der Waals surface area contributed by atoms with Gasteiger partial charge in [0.2, 0.25) is 0 Å². The fourth-order valence-corrected chi connectivity index (χ4v) is 4.46. The third-order valence-electron chi connectivity index (χ3n) is 6.32. The molecule has 10 nitrogen and oxygen atoms in total. The Morgan fingerprint density at radius 1 is 1.06 bits per heavy atom. The van der Waals surface area contributed by atoms with Gasteiger partial charge in [-0.05, 0) is 66.4 Å². The molecular formula is C26H29N9O. The first kappa shape index (κ1) is 23.4. The van der Waals surface area contributed by atoms with Crippen LogP contribution in [0.5, 0.6) is 0 Å². The Balaban J connectivity index is 1.51. The summed E-state index contributed by atoms with van der Waals surface area (Å²) in [5.74, 6) is 1.43. The zero-order chi connectivity index (χ0) is 25.1. The van der Waals surface area contributed by atoms with E-state index < -0.39 is 0 Å². The summed E-state index contributed by atoms with van der Waals surface area (Å²) in [7, 11) is 0. The van der Waals surface area contributed by atoms with Gasteiger partial charge in [-0.15, -0.1) is 5.10 Å². The van der Waals surface area contributed by atoms with Crippen LogP contribution in [0, 0.1) is 6.92 Å². The molecule has 36 heavy (non-hydrogen) atoms. The van der Waals surface area contributed by atoms with E-state index >= 15 is 0 Å². The Bertz CT molecular complexity index is 1530. The molecule has 1 aromatic carbocycles. The van der Waals surface area contributed by atoms with Crippen molar-refractivity contribution in [3.63, 3.8) is 0 Å². The fraction of sp³-hybridized carbons (Fsp3) is 0.308. The van der Waals surface area contributed by atoms with Gasteiger partial charge in [0, 0.05) is 35.8 Å². The first-order valence-corrected chi connectivity index (χ1v) is 12.2. The van der Waals surface area contributed by atoms with Crippen LogP contribution in [0.25, 0.3) is 28.3 Å². The molecule has 4 heterocycles. The van der Waals surface area contributed by atoms with Crippen LogP contribution in [-0.4, -0.2) is 44.5 Å². The van der Waals surface area contributed by atoms with Gasteiger partial charge < -0.3 is 0 Å². The van der Waals surface area contributed by atoms with Gasteiger partial charge in [-0.25, -0.2) is 14.6 Å². The highest BCUT2D eigenvalue weighted by Gasteiger charge is 2.18. The molecule has 5 aromatic rings. The SMILES string of the molecule is CCCCc1cn(-c2c(C)cnn2CC)c(=O)n1Cc1cc(-c2cccc(-c3nnn[nH]3)c2)ccn1. The monoisotopic (exact) mass is 483 g/mol. The minimum absolute atomic E-state index is 0.0774. The average molecular weight is 484 g/mol. The second kappa shape index (κ2) is 10.1. The van der Waals surface area contributed by atoms with Crippen molar-refractivity contribution in [3.05, 3.63) is 82.4 Å². The van der Waals surface area contributed by atoms with Crippen molar-refractivity contribution in [3.8, 4) is 28.3 Å². The highest BCUT2D eigenvalue weighted by molar-refractivity contribution is 5.70. The van der Waals surface area contributed by atoms with Crippen molar-refractivity contribution < 1.29 is 0 Å². The predicted octanol–water partition coefficient (Wildman–Crippen LogP) is 3.80. The summed E-state index contributed by atoms with van der Waals surface area (Å²) in [4.78, 5) is 18.2. The van der Waals surface area contributed by atoms with Crippen molar-refractivity contribution in [2.75, 3.05) is 0 Å². The molecular weight excluding hydrogens is 454 g/mol. The van der Waals surface area contributed by atoms with Crippen molar-refractivity contribution in [1.29, 1.82) is 0 Å². The van der Waals surface area contributed by atoms with E-state index in [9.17, 15) is 4.79 Å². The summed E-state index contributed by atoms with van der Waals surface area (Å²) in [6.45, 7) is 7.25. The number of unbranched alkanes of at least 4 members (excludes halogenated alkanes) is 1. The summed E-state index contributed by atoms with van der Waals surface area (Å²) in [5.41, 5.74) is 5.64. The molecule has 0 aliphatic carbocycles. The van der Waals surface area contributed by atoms with Crippen LogP contribution in [0.2, 0.25) is 0 Å². The molecule has 184 valence electrons. The number of hydrogen-bond acceptors (Lipinski definition) is 6. The second-order valence-corrected chi connectivity index (χ2v) is 8.80. The number of nitrogens with one attached hydrogen (secondary N) is 1. The number of imidazole rings is 1. The molecule has 0 radical (unpaired) electrons. The number of rotatable bonds is 9. The molecule has 5 rings (SSSR count). The van der Waals surface area contributed by atoms with E-state index in [4.69, 9.17) is 0 Å². The Morgan fingerprint density at radius 2 is 1.89 bits per heavy atom. The van der Waals surface area contributed by atoms with E-state index in [0.717, 1.165) is 58.7 Å². The standard InChI is InChI=1S/C26H29N9O/c1-4-6-10-23-17-34(25-18(3)15-28-35(25)5-2)26(36)33(23)16-22-14-20(11-12-27-22)19-8-7-9-21(13-19)24-29-31-32-30-24/h7-9,11-15,17H,4-6,10,16H2,1-3H3,(H,29,30,31,32). The van der Waals surface area contributed by atoms with Crippen LogP contribution in [0.1, 0.15) is 43.6 Å². The summed E-state index contributed by atoms with van der Waals surface area (Å²) in [6, 6.07) is 12.0. The molecule has 0 bridgehead atoms. The Kier molecular flexibility index (Phi) is 6.57. The van der Waals surface area contributed by atoms with E-state index in [1.807, 2.05) is 71.9 Å². The summed E-state index contributed by atoms with van der Waals surface area (Å²) < 4.78 is 5.43. The maximum Gasteiger partial charge on any atom is 0.334 e. The number of aryl methyl sites for hydroxylation is 3. The van der Waals surface area contributed by atoms with Gasteiger partial charge in [0.25, 0.3) is 0 Å². The summed E-state index contributed by atoms with van der Waals surface area (Å²) >= 11 is 0. The lowest BCUT2D eigenvalue weighted by atomic mass is 10.0. The van der Waals surface area contributed by atoms with Gasteiger partial charge in [-0.3, -0.25) is 14.1 Å². The number of benzene rings is 1. The number of aromatic amines is 1. The highest BCUT2D eigenvalue weighted by Crippen LogP contribution is 2.25. The van der Waals surface area contributed by atoms with Gasteiger partial charge in [0.15, 0.2) is 5.82 Å². The molecule has 0 atom stereocenters. The average Bonchev–Trinajstić information content (AvgIpc) is 3.64. The van der Waals surface area contributed by atoms with Crippen molar-refractivity contribution in [1.82, 2.24) is 44.5 Å². The molecule has 0 amide bonds.